The first kappa shape index (κ1) is 18.9. The monoisotopic (exact) mass is 319 g/mol. The highest BCUT2D eigenvalue weighted by molar-refractivity contribution is 7.86. The Labute approximate surface area is 131 Å². The van der Waals surface area contributed by atoms with Gasteiger partial charge in [-0.05, 0) is 38.6 Å². The zero-order chi connectivity index (χ0) is 15.7. The number of rotatable bonds is 10. The van der Waals surface area contributed by atoms with Crippen molar-refractivity contribution in [3.63, 3.8) is 0 Å². The zero-order valence-corrected chi connectivity index (χ0v) is 14.8. The lowest BCUT2D eigenvalue weighted by atomic mass is 10.1. The minimum Gasteiger partial charge on any atom is -0.315 e. The molecule has 1 saturated heterocycles. The Balaban J connectivity index is 2.79. The molecule has 1 atom stereocenters. The van der Waals surface area contributed by atoms with E-state index < -0.39 is 10.2 Å². The lowest BCUT2D eigenvalue weighted by molar-refractivity contribution is 0.225. The normalized spacial score (nSPS) is 21.0. The van der Waals surface area contributed by atoms with Gasteiger partial charge < -0.3 is 5.32 Å². The second-order valence-corrected chi connectivity index (χ2v) is 7.75. The van der Waals surface area contributed by atoms with E-state index in [-0.39, 0.29) is 6.04 Å². The van der Waals surface area contributed by atoms with Crippen LogP contribution in [0.5, 0.6) is 0 Å². The molecule has 21 heavy (non-hydrogen) atoms. The van der Waals surface area contributed by atoms with Crippen LogP contribution in [0, 0.1) is 0 Å². The Morgan fingerprint density at radius 3 is 2.33 bits per heavy atom. The van der Waals surface area contributed by atoms with Gasteiger partial charge in [0.05, 0.1) is 0 Å². The van der Waals surface area contributed by atoms with Crippen molar-refractivity contribution in [2.24, 2.45) is 0 Å². The first-order valence-electron chi connectivity index (χ1n) is 8.55. The van der Waals surface area contributed by atoms with Crippen molar-refractivity contribution in [3.8, 4) is 0 Å². The van der Waals surface area contributed by atoms with Gasteiger partial charge in [0.1, 0.15) is 0 Å². The van der Waals surface area contributed by atoms with Gasteiger partial charge in [-0.15, -0.1) is 0 Å². The van der Waals surface area contributed by atoms with Crippen molar-refractivity contribution >= 4 is 10.2 Å². The van der Waals surface area contributed by atoms with E-state index in [2.05, 4.69) is 12.2 Å². The van der Waals surface area contributed by atoms with Gasteiger partial charge in [0.2, 0.25) is 0 Å². The summed E-state index contributed by atoms with van der Waals surface area (Å²) in [5.41, 5.74) is 0. The predicted molar refractivity (Wildman–Crippen MR) is 88.6 cm³/mol. The van der Waals surface area contributed by atoms with E-state index in [9.17, 15) is 8.42 Å². The molecule has 0 spiro atoms. The van der Waals surface area contributed by atoms with Gasteiger partial charge in [-0.25, -0.2) is 0 Å². The Morgan fingerprint density at radius 2 is 1.76 bits per heavy atom. The molecule has 0 aromatic carbocycles. The first-order chi connectivity index (χ1) is 10.1. The second-order valence-electron chi connectivity index (χ2n) is 5.87. The molecule has 1 fully saturated rings. The van der Waals surface area contributed by atoms with Crippen LogP contribution in [0.15, 0.2) is 0 Å². The summed E-state index contributed by atoms with van der Waals surface area (Å²) in [5.74, 6) is 0. The van der Waals surface area contributed by atoms with Crippen molar-refractivity contribution < 1.29 is 8.42 Å². The fourth-order valence-corrected chi connectivity index (χ4v) is 4.96. The van der Waals surface area contributed by atoms with Crippen LogP contribution in [0.2, 0.25) is 0 Å². The molecule has 0 radical (unpaired) electrons. The van der Waals surface area contributed by atoms with Gasteiger partial charge in [-0.1, -0.05) is 27.2 Å². The Bertz CT molecular complexity index is 367. The first-order valence-corrected chi connectivity index (χ1v) is 9.95. The molecule has 6 heteroatoms. The number of nitrogens with one attached hydrogen (secondary N) is 1. The minimum absolute atomic E-state index is 0.117. The van der Waals surface area contributed by atoms with E-state index in [1.807, 2.05) is 13.8 Å². The molecule has 0 amide bonds. The third-order valence-electron chi connectivity index (χ3n) is 3.95. The topological polar surface area (TPSA) is 52.7 Å². The van der Waals surface area contributed by atoms with Crippen LogP contribution in [0.25, 0.3) is 0 Å². The highest BCUT2D eigenvalue weighted by Gasteiger charge is 2.35. The Hall–Kier alpha value is -0.170. The van der Waals surface area contributed by atoms with Crippen LogP contribution in [-0.2, 0) is 10.2 Å². The largest absolute Gasteiger partial charge is 0.315 e. The molecule has 1 rings (SSSR count). The summed E-state index contributed by atoms with van der Waals surface area (Å²) in [6.07, 6.45) is 5.90. The molecule has 1 unspecified atom stereocenters. The van der Waals surface area contributed by atoms with E-state index in [0.29, 0.717) is 19.6 Å². The number of piperidine rings is 1. The zero-order valence-electron chi connectivity index (χ0n) is 14.0. The van der Waals surface area contributed by atoms with Crippen molar-refractivity contribution in [1.82, 2.24) is 13.9 Å². The number of hydrogen-bond acceptors (Lipinski definition) is 3. The summed E-state index contributed by atoms with van der Waals surface area (Å²) in [6, 6.07) is 0.117. The fraction of sp³-hybridized carbons (Fsp3) is 1.00. The van der Waals surface area contributed by atoms with Crippen molar-refractivity contribution in [1.29, 1.82) is 0 Å². The van der Waals surface area contributed by atoms with Crippen molar-refractivity contribution in [2.75, 3.05) is 32.7 Å². The molecular formula is C15H33N3O2S. The smallest absolute Gasteiger partial charge is 0.282 e. The SMILES string of the molecule is CCCNCC1CCCCN1S(=O)(=O)N(CCC)CCC. The molecule has 1 heterocycles. The van der Waals surface area contributed by atoms with Gasteiger partial charge in [0.15, 0.2) is 0 Å². The molecule has 0 aliphatic carbocycles. The molecule has 1 aliphatic rings. The van der Waals surface area contributed by atoms with Crippen LogP contribution in [0.4, 0.5) is 0 Å². The van der Waals surface area contributed by atoms with E-state index in [1.54, 1.807) is 8.61 Å². The Morgan fingerprint density at radius 1 is 1.10 bits per heavy atom. The molecule has 1 N–H and O–H groups in total. The molecule has 126 valence electrons. The van der Waals surface area contributed by atoms with Crippen LogP contribution in [0.1, 0.15) is 59.3 Å². The third-order valence-corrected chi connectivity index (χ3v) is 6.04. The van der Waals surface area contributed by atoms with Crippen LogP contribution in [-0.4, -0.2) is 55.8 Å². The number of hydrogen-bond donors (Lipinski definition) is 1. The highest BCUT2D eigenvalue weighted by Crippen LogP contribution is 2.22. The van der Waals surface area contributed by atoms with Crippen LogP contribution in [0.3, 0.4) is 0 Å². The molecule has 0 saturated carbocycles. The average Bonchev–Trinajstić information content (AvgIpc) is 2.47. The summed E-state index contributed by atoms with van der Waals surface area (Å²) in [7, 11) is -3.31. The fourth-order valence-electron chi connectivity index (χ4n) is 2.92. The lowest BCUT2D eigenvalue weighted by Crippen LogP contribution is -2.53. The van der Waals surface area contributed by atoms with E-state index in [0.717, 1.165) is 51.6 Å². The minimum atomic E-state index is -3.31. The molecule has 0 aromatic rings. The third kappa shape index (κ3) is 5.51. The van der Waals surface area contributed by atoms with Gasteiger partial charge in [-0.2, -0.15) is 17.0 Å². The summed E-state index contributed by atoms with van der Waals surface area (Å²) in [6.45, 7) is 9.86. The lowest BCUT2D eigenvalue weighted by Gasteiger charge is -2.38. The summed E-state index contributed by atoms with van der Waals surface area (Å²) >= 11 is 0. The quantitative estimate of drug-likeness (QED) is 0.628. The molecule has 0 bridgehead atoms. The van der Waals surface area contributed by atoms with E-state index >= 15 is 0 Å². The van der Waals surface area contributed by atoms with Gasteiger partial charge >= 0.3 is 0 Å². The standard InChI is InChI=1S/C15H33N3O2S/c1-4-10-16-14-15-9-7-8-13-18(15)21(19,20)17(11-5-2)12-6-3/h15-16H,4-14H2,1-3H3. The second kappa shape index (κ2) is 9.77. The molecular weight excluding hydrogens is 286 g/mol. The molecule has 0 aromatic heterocycles. The van der Waals surface area contributed by atoms with Crippen LogP contribution < -0.4 is 5.32 Å². The summed E-state index contributed by atoms with van der Waals surface area (Å²) < 4.78 is 29.3. The van der Waals surface area contributed by atoms with Gasteiger partial charge in [-0.3, -0.25) is 0 Å². The molecule has 5 nitrogen and oxygen atoms in total. The maximum Gasteiger partial charge on any atom is 0.282 e. The average molecular weight is 320 g/mol. The Kier molecular flexibility index (Phi) is 8.78. The predicted octanol–water partition coefficient (Wildman–Crippen LogP) is 2.21. The maximum atomic E-state index is 12.9. The summed E-state index contributed by atoms with van der Waals surface area (Å²) in [5, 5.41) is 3.39. The number of nitrogens with zero attached hydrogens (tertiary/aromatic N) is 2. The van der Waals surface area contributed by atoms with E-state index in [1.165, 1.54) is 0 Å². The summed E-state index contributed by atoms with van der Waals surface area (Å²) in [4.78, 5) is 0. The van der Waals surface area contributed by atoms with Crippen LogP contribution >= 0.6 is 0 Å². The highest BCUT2D eigenvalue weighted by atomic mass is 32.2. The molecule has 1 aliphatic heterocycles. The van der Waals surface area contributed by atoms with Crippen molar-refractivity contribution in [2.45, 2.75) is 65.3 Å². The van der Waals surface area contributed by atoms with Crippen molar-refractivity contribution in [3.05, 3.63) is 0 Å². The van der Waals surface area contributed by atoms with E-state index in [4.69, 9.17) is 0 Å². The van der Waals surface area contributed by atoms with Gasteiger partial charge in [0, 0.05) is 32.2 Å². The maximum absolute atomic E-state index is 12.9. The van der Waals surface area contributed by atoms with Gasteiger partial charge in [0.25, 0.3) is 10.2 Å².